The molecule has 0 saturated carbocycles. The van der Waals surface area contributed by atoms with Crippen molar-refractivity contribution in [1.82, 2.24) is 24.9 Å². The highest BCUT2D eigenvalue weighted by Crippen LogP contribution is 2.15. The first-order chi connectivity index (χ1) is 11.6. The number of piperidine rings is 1. The number of aliphatic hydroxyl groups is 1. The molecule has 7 nitrogen and oxygen atoms in total. The van der Waals surface area contributed by atoms with E-state index < -0.39 is 0 Å². The number of hydrogen-bond donors (Lipinski definition) is 2. The number of urea groups is 1. The summed E-state index contributed by atoms with van der Waals surface area (Å²) >= 11 is 0. The van der Waals surface area contributed by atoms with E-state index in [0.717, 1.165) is 45.4 Å². The number of rotatable bonds is 8. The third-order valence-electron chi connectivity index (χ3n) is 4.70. The normalized spacial score (nSPS) is 17.2. The Kier molecular flexibility index (Phi) is 7.52. The van der Waals surface area contributed by atoms with Crippen molar-refractivity contribution in [2.45, 2.75) is 38.8 Å². The van der Waals surface area contributed by atoms with E-state index in [0.29, 0.717) is 18.5 Å². The monoisotopic (exact) mass is 337 g/mol. The highest BCUT2D eigenvalue weighted by atomic mass is 16.3. The Morgan fingerprint density at radius 2 is 2.21 bits per heavy atom. The Bertz CT molecular complexity index is 471. The van der Waals surface area contributed by atoms with Gasteiger partial charge in [-0.3, -0.25) is 4.68 Å². The Labute approximate surface area is 144 Å². The molecule has 0 bridgehead atoms. The van der Waals surface area contributed by atoms with Crippen molar-refractivity contribution in [3.63, 3.8) is 0 Å². The highest BCUT2D eigenvalue weighted by molar-refractivity contribution is 5.74. The van der Waals surface area contributed by atoms with Crippen LogP contribution in [0.2, 0.25) is 0 Å². The molecule has 0 aliphatic carbocycles. The number of carbonyl (C=O) groups is 1. The zero-order valence-electron chi connectivity index (χ0n) is 14.9. The summed E-state index contributed by atoms with van der Waals surface area (Å²) in [6.45, 7) is 6.34. The lowest BCUT2D eigenvalue weighted by Gasteiger charge is -2.36. The highest BCUT2D eigenvalue weighted by Gasteiger charge is 2.25. The summed E-state index contributed by atoms with van der Waals surface area (Å²) in [6.07, 6.45) is 6.52. The summed E-state index contributed by atoms with van der Waals surface area (Å²) < 4.78 is 1.89. The zero-order valence-corrected chi connectivity index (χ0v) is 14.9. The fourth-order valence-electron chi connectivity index (χ4n) is 3.18. The van der Waals surface area contributed by atoms with E-state index in [4.69, 9.17) is 5.11 Å². The maximum Gasteiger partial charge on any atom is 0.317 e. The molecule has 0 spiro atoms. The largest absolute Gasteiger partial charge is 0.396 e. The molecule has 7 heteroatoms. The van der Waals surface area contributed by atoms with Gasteiger partial charge < -0.3 is 20.2 Å². The van der Waals surface area contributed by atoms with Crippen molar-refractivity contribution in [3.8, 4) is 0 Å². The first-order valence-electron chi connectivity index (χ1n) is 8.91. The molecule has 1 aromatic rings. The van der Waals surface area contributed by atoms with E-state index in [-0.39, 0.29) is 12.6 Å². The summed E-state index contributed by atoms with van der Waals surface area (Å²) in [4.78, 5) is 16.5. The second-order valence-corrected chi connectivity index (χ2v) is 6.80. The van der Waals surface area contributed by atoms with Crippen LogP contribution < -0.4 is 5.32 Å². The fourth-order valence-corrected chi connectivity index (χ4v) is 3.18. The van der Waals surface area contributed by atoms with Crippen molar-refractivity contribution in [2.75, 3.05) is 39.8 Å². The minimum absolute atomic E-state index is 0.0405. The molecule has 24 heavy (non-hydrogen) atoms. The van der Waals surface area contributed by atoms with E-state index in [2.05, 4.69) is 29.3 Å². The first kappa shape index (κ1) is 18.7. The lowest BCUT2D eigenvalue weighted by atomic mass is 10.0. The minimum Gasteiger partial charge on any atom is -0.396 e. The van der Waals surface area contributed by atoms with Crippen LogP contribution in [0.5, 0.6) is 0 Å². The van der Waals surface area contributed by atoms with E-state index in [1.54, 1.807) is 6.20 Å². The van der Waals surface area contributed by atoms with Gasteiger partial charge in [-0.1, -0.05) is 6.92 Å². The molecule has 1 aromatic heterocycles. The molecule has 2 N–H and O–H groups in total. The zero-order chi connectivity index (χ0) is 17.4. The molecule has 2 amide bonds. The van der Waals surface area contributed by atoms with E-state index in [9.17, 15) is 4.79 Å². The Balaban J connectivity index is 1.65. The van der Waals surface area contributed by atoms with Gasteiger partial charge in [0.05, 0.1) is 0 Å². The summed E-state index contributed by atoms with van der Waals surface area (Å²) in [5, 5.41) is 16.2. The molecule has 1 atom stereocenters. The standard InChI is InChI=1S/C17H31N5O2/c1-15(14-22-9-3-7-19-22)13-18-17(24)21-10-5-16(6-11-21)20(2)8-4-12-23/h3,7,9,15-16,23H,4-6,8,10-14H2,1-2H3,(H,18,24). The van der Waals surface area contributed by atoms with Crippen LogP contribution in [0.1, 0.15) is 26.2 Å². The van der Waals surface area contributed by atoms with Crippen LogP contribution in [0.15, 0.2) is 18.5 Å². The molecule has 2 heterocycles. The van der Waals surface area contributed by atoms with Crippen molar-refractivity contribution in [3.05, 3.63) is 18.5 Å². The van der Waals surface area contributed by atoms with Gasteiger partial charge in [0.1, 0.15) is 0 Å². The van der Waals surface area contributed by atoms with Gasteiger partial charge in [-0.25, -0.2) is 4.79 Å². The van der Waals surface area contributed by atoms with Crippen molar-refractivity contribution >= 4 is 6.03 Å². The molecule has 1 saturated heterocycles. The van der Waals surface area contributed by atoms with Gasteiger partial charge in [0, 0.05) is 57.8 Å². The number of likely N-dealkylation sites (tertiary alicyclic amines) is 1. The van der Waals surface area contributed by atoms with Crippen molar-refractivity contribution in [1.29, 1.82) is 0 Å². The van der Waals surface area contributed by atoms with Crippen LogP contribution >= 0.6 is 0 Å². The average Bonchev–Trinajstić information content (AvgIpc) is 3.10. The van der Waals surface area contributed by atoms with Crippen LogP contribution in [0.25, 0.3) is 0 Å². The van der Waals surface area contributed by atoms with Gasteiger partial charge in [-0.15, -0.1) is 0 Å². The maximum absolute atomic E-state index is 12.3. The third-order valence-corrected chi connectivity index (χ3v) is 4.70. The predicted octanol–water partition coefficient (Wildman–Crippen LogP) is 1.01. The smallest absolute Gasteiger partial charge is 0.317 e. The molecular formula is C17H31N5O2. The predicted molar refractivity (Wildman–Crippen MR) is 93.7 cm³/mol. The van der Waals surface area contributed by atoms with Gasteiger partial charge in [0.15, 0.2) is 0 Å². The van der Waals surface area contributed by atoms with Crippen LogP contribution in [-0.2, 0) is 6.54 Å². The summed E-state index contributed by atoms with van der Waals surface area (Å²) in [7, 11) is 2.10. The second-order valence-electron chi connectivity index (χ2n) is 6.80. The summed E-state index contributed by atoms with van der Waals surface area (Å²) in [6, 6.07) is 2.46. The van der Waals surface area contributed by atoms with Crippen LogP contribution in [-0.4, -0.2) is 76.6 Å². The second kappa shape index (κ2) is 9.64. The molecule has 1 fully saturated rings. The maximum atomic E-state index is 12.3. The van der Waals surface area contributed by atoms with Crippen molar-refractivity contribution < 1.29 is 9.90 Å². The minimum atomic E-state index is 0.0405. The Hall–Kier alpha value is -1.60. The lowest BCUT2D eigenvalue weighted by Crippen LogP contribution is -2.49. The molecule has 1 aliphatic rings. The summed E-state index contributed by atoms with van der Waals surface area (Å²) in [5.41, 5.74) is 0. The number of nitrogens with zero attached hydrogens (tertiary/aromatic N) is 4. The number of aliphatic hydroxyl groups excluding tert-OH is 1. The molecule has 1 unspecified atom stereocenters. The van der Waals surface area contributed by atoms with Gasteiger partial charge in [-0.2, -0.15) is 5.10 Å². The van der Waals surface area contributed by atoms with Gasteiger partial charge in [0.2, 0.25) is 0 Å². The number of amides is 2. The molecular weight excluding hydrogens is 306 g/mol. The van der Waals surface area contributed by atoms with Gasteiger partial charge in [0.25, 0.3) is 0 Å². The van der Waals surface area contributed by atoms with E-state index >= 15 is 0 Å². The number of nitrogens with one attached hydrogen (secondary N) is 1. The molecule has 0 aromatic carbocycles. The molecule has 0 radical (unpaired) electrons. The number of hydrogen-bond acceptors (Lipinski definition) is 4. The first-order valence-corrected chi connectivity index (χ1v) is 8.91. The topological polar surface area (TPSA) is 73.6 Å². The molecule has 1 aliphatic heterocycles. The van der Waals surface area contributed by atoms with Crippen LogP contribution in [0.4, 0.5) is 4.79 Å². The van der Waals surface area contributed by atoms with Gasteiger partial charge in [-0.05, 0) is 38.3 Å². The number of aromatic nitrogens is 2. The Morgan fingerprint density at radius 3 is 2.83 bits per heavy atom. The lowest BCUT2D eigenvalue weighted by molar-refractivity contribution is 0.128. The van der Waals surface area contributed by atoms with Gasteiger partial charge >= 0.3 is 6.03 Å². The van der Waals surface area contributed by atoms with Crippen LogP contribution in [0.3, 0.4) is 0 Å². The fraction of sp³-hybridized carbons (Fsp3) is 0.765. The molecule has 2 rings (SSSR count). The average molecular weight is 337 g/mol. The SMILES string of the molecule is CC(CNC(=O)N1CCC(N(C)CCCO)CC1)Cn1cccn1. The van der Waals surface area contributed by atoms with Crippen LogP contribution in [0, 0.1) is 5.92 Å². The molecule has 136 valence electrons. The van der Waals surface area contributed by atoms with Crippen molar-refractivity contribution in [2.24, 2.45) is 5.92 Å². The number of carbonyl (C=O) groups excluding carboxylic acids is 1. The quantitative estimate of drug-likeness (QED) is 0.742. The summed E-state index contributed by atoms with van der Waals surface area (Å²) in [5.74, 6) is 0.344. The van der Waals surface area contributed by atoms with E-state index in [1.165, 1.54) is 0 Å². The van der Waals surface area contributed by atoms with E-state index in [1.807, 2.05) is 21.8 Å². The third kappa shape index (κ3) is 5.79. The Morgan fingerprint density at radius 1 is 1.46 bits per heavy atom.